The summed E-state index contributed by atoms with van der Waals surface area (Å²) in [7, 11) is 0. The molecule has 1 amide bonds. The molecule has 0 aromatic heterocycles. The molecule has 2 rings (SSSR count). The third kappa shape index (κ3) is 5.77. The van der Waals surface area contributed by atoms with Crippen molar-refractivity contribution in [2.45, 2.75) is 19.8 Å². The first kappa shape index (κ1) is 16.5. The van der Waals surface area contributed by atoms with Crippen LogP contribution >= 0.6 is 15.9 Å². The first-order valence-corrected chi connectivity index (χ1v) is 8.45. The summed E-state index contributed by atoms with van der Waals surface area (Å²) in [5.74, 6) is 0.832. The average molecular weight is 354 g/mol. The lowest BCUT2D eigenvalue weighted by molar-refractivity contribution is -0.117. The normalized spacial score (nSPS) is 16.9. The van der Waals surface area contributed by atoms with Gasteiger partial charge in [0.25, 0.3) is 0 Å². The van der Waals surface area contributed by atoms with E-state index in [1.54, 1.807) is 0 Å². The molecule has 1 fully saturated rings. The minimum atomic E-state index is 0.0717. The van der Waals surface area contributed by atoms with Crippen molar-refractivity contribution in [2.24, 2.45) is 5.92 Å². The van der Waals surface area contributed by atoms with Gasteiger partial charge in [0.1, 0.15) is 0 Å². The summed E-state index contributed by atoms with van der Waals surface area (Å²) >= 11 is 3.39. The highest BCUT2D eigenvalue weighted by Crippen LogP contribution is 2.17. The number of carbonyl (C=O) groups excluding carboxylic acids is 1. The van der Waals surface area contributed by atoms with Crippen LogP contribution in [0.4, 0.5) is 5.69 Å². The maximum absolute atomic E-state index is 12.0. The maximum Gasteiger partial charge on any atom is 0.238 e. The number of nitrogens with zero attached hydrogens (tertiary/aromatic N) is 1. The van der Waals surface area contributed by atoms with E-state index in [0.717, 1.165) is 42.3 Å². The van der Waals surface area contributed by atoms with Crippen LogP contribution in [0.5, 0.6) is 0 Å². The van der Waals surface area contributed by atoms with Gasteiger partial charge in [0, 0.05) is 10.2 Å². The molecule has 1 saturated heterocycles. The second kappa shape index (κ2) is 8.51. The fourth-order valence-electron chi connectivity index (χ4n) is 2.63. The summed E-state index contributed by atoms with van der Waals surface area (Å²) in [6.07, 6.45) is 2.36. The number of likely N-dealkylation sites (tertiary alicyclic amines) is 1. The quantitative estimate of drug-likeness (QED) is 0.826. The third-order valence-corrected chi connectivity index (χ3v) is 4.41. The molecule has 2 N–H and O–H groups in total. The van der Waals surface area contributed by atoms with Gasteiger partial charge in [0.2, 0.25) is 5.91 Å². The predicted octanol–water partition coefficient (Wildman–Crippen LogP) is 2.71. The summed E-state index contributed by atoms with van der Waals surface area (Å²) in [6, 6.07) is 7.68. The van der Waals surface area contributed by atoms with E-state index in [0.29, 0.717) is 6.54 Å². The number of amides is 1. The molecule has 1 aliphatic rings. The Morgan fingerprint density at radius 2 is 1.95 bits per heavy atom. The third-order valence-electron chi connectivity index (χ3n) is 3.89. The van der Waals surface area contributed by atoms with Crippen molar-refractivity contribution in [1.29, 1.82) is 0 Å². The van der Waals surface area contributed by atoms with Gasteiger partial charge in [-0.3, -0.25) is 9.69 Å². The van der Waals surface area contributed by atoms with Crippen LogP contribution in [-0.4, -0.2) is 43.5 Å². The van der Waals surface area contributed by atoms with Gasteiger partial charge in [0.05, 0.1) is 6.54 Å². The van der Waals surface area contributed by atoms with Gasteiger partial charge in [-0.05, 0) is 69.2 Å². The van der Waals surface area contributed by atoms with Gasteiger partial charge in [-0.25, -0.2) is 0 Å². The molecule has 1 heterocycles. The molecule has 0 unspecified atom stereocenters. The SMILES string of the molecule is CCNCC1CCN(CC(=O)Nc2ccc(Br)cc2)CC1. The van der Waals surface area contributed by atoms with Crippen molar-refractivity contribution < 1.29 is 4.79 Å². The molecule has 21 heavy (non-hydrogen) atoms. The summed E-state index contributed by atoms with van der Waals surface area (Å²) in [4.78, 5) is 14.3. The number of benzene rings is 1. The molecule has 116 valence electrons. The van der Waals surface area contributed by atoms with Crippen LogP contribution in [0.3, 0.4) is 0 Å². The van der Waals surface area contributed by atoms with Crippen LogP contribution in [0.1, 0.15) is 19.8 Å². The van der Waals surface area contributed by atoms with Gasteiger partial charge in [0.15, 0.2) is 0 Å². The molecule has 1 aromatic rings. The highest BCUT2D eigenvalue weighted by Gasteiger charge is 2.20. The minimum absolute atomic E-state index is 0.0717. The fraction of sp³-hybridized carbons (Fsp3) is 0.562. The number of rotatable bonds is 6. The zero-order valence-corrected chi connectivity index (χ0v) is 14.2. The van der Waals surface area contributed by atoms with E-state index >= 15 is 0 Å². The van der Waals surface area contributed by atoms with Crippen molar-refractivity contribution in [1.82, 2.24) is 10.2 Å². The maximum atomic E-state index is 12.0. The first-order chi connectivity index (χ1) is 10.2. The van der Waals surface area contributed by atoms with Crippen molar-refractivity contribution >= 4 is 27.5 Å². The van der Waals surface area contributed by atoms with E-state index in [4.69, 9.17) is 0 Å². The Balaban J connectivity index is 1.70. The molecular formula is C16H24BrN3O. The standard InChI is InChI=1S/C16H24BrN3O/c1-2-18-11-13-7-9-20(10-8-13)12-16(21)19-15-5-3-14(17)4-6-15/h3-6,13,18H,2,7-12H2,1H3,(H,19,21). The second-order valence-electron chi connectivity index (χ2n) is 5.58. The van der Waals surface area contributed by atoms with E-state index in [1.807, 2.05) is 24.3 Å². The zero-order chi connectivity index (χ0) is 15.1. The van der Waals surface area contributed by atoms with Gasteiger partial charge in [-0.2, -0.15) is 0 Å². The van der Waals surface area contributed by atoms with Crippen molar-refractivity contribution in [2.75, 3.05) is 38.0 Å². The molecule has 0 aliphatic carbocycles. The Labute approximate surface area is 135 Å². The number of nitrogens with one attached hydrogen (secondary N) is 2. The zero-order valence-electron chi connectivity index (χ0n) is 12.6. The highest BCUT2D eigenvalue weighted by molar-refractivity contribution is 9.10. The van der Waals surface area contributed by atoms with Crippen LogP contribution in [0.25, 0.3) is 0 Å². The fourth-order valence-corrected chi connectivity index (χ4v) is 2.90. The lowest BCUT2D eigenvalue weighted by Gasteiger charge is -2.31. The molecule has 4 nitrogen and oxygen atoms in total. The predicted molar refractivity (Wildman–Crippen MR) is 90.5 cm³/mol. The molecular weight excluding hydrogens is 330 g/mol. The van der Waals surface area contributed by atoms with Crippen LogP contribution < -0.4 is 10.6 Å². The molecule has 1 aliphatic heterocycles. The Kier molecular flexibility index (Phi) is 6.67. The van der Waals surface area contributed by atoms with Crippen molar-refractivity contribution in [3.8, 4) is 0 Å². The summed E-state index contributed by atoms with van der Waals surface area (Å²) < 4.78 is 1.02. The molecule has 0 atom stereocenters. The number of hydrogen-bond donors (Lipinski definition) is 2. The Morgan fingerprint density at radius 3 is 2.57 bits per heavy atom. The minimum Gasteiger partial charge on any atom is -0.325 e. The second-order valence-corrected chi connectivity index (χ2v) is 6.50. The molecule has 0 spiro atoms. The molecule has 5 heteroatoms. The van der Waals surface area contributed by atoms with Gasteiger partial charge >= 0.3 is 0 Å². The Bertz CT molecular complexity index is 441. The molecule has 1 aromatic carbocycles. The molecule has 0 bridgehead atoms. The van der Waals surface area contributed by atoms with Crippen LogP contribution in [0.2, 0.25) is 0 Å². The van der Waals surface area contributed by atoms with Gasteiger partial charge < -0.3 is 10.6 Å². The van der Waals surface area contributed by atoms with E-state index in [9.17, 15) is 4.79 Å². The van der Waals surface area contributed by atoms with Crippen molar-refractivity contribution in [3.63, 3.8) is 0 Å². The number of carbonyl (C=O) groups is 1. The lowest BCUT2D eigenvalue weighted by Crippen LogP contribution is -2.41. The summed E-state index contributed by atoms with van der Waals surface area (Å²) in [5.41, 5.74) is 0.852. The largest absolute Gasteiger partial charge is 0.325 e. The van der Waals surface area contributed by atoms with Crippen LogP contribution in [0, 0.1) is 5.92 Å². The van der Waals surface area contributed by atoms with E-state index < -0.39 is 0 Å². The monoisotopic (exact) mass is 353 g/mol. The van der Waals surface area contributed by atoms with Gasteiger partial charge in [-0.15, -0.1) is 0 Å². The molecule has 0 saturated carbocycles. The van der Waals surface area contributed by atoms with Gasteiger partial charge in [-0.1, -0.05) is 22.9 Å². The lowest BCUT2D eigenvalue weighted by atomic mass is 9.97. The van der Waals surface area contributed by atoms with E-state index in [2.05, 4.69) is 38.4 Å². The number of anilines is 1. The Hall–Kier alpha value is -0.910. The summed E-state index contributed by atoms with van der Waals surface area (Å²) in [5, 5.41) is 6.36. The van der Waals surface area contributed by atoms with Crippen LogP contribution in [-0.2, 0) is 4.79 Å². The highest BCUT2D eigenvalue weighted by atomic mass is 79.9. The number of halogens is 1. The van der Waals surface area contributed by atoms with E-state index in [-0.39, 0.29) is 5.91 Å². The van der Waals surface area contributed by atoms with E-state index in [1.165, 1.54) is 12.8 Å². The number of piperidine rings is 1. The van der Waals surface area contributed by atoms with Crippen molar-refractivity contribution in [3.05, 3.63) is 28.7 Å². The topological polar surface area (TPSA) is 44.4 Å². The number of hydrogen-bond acceptors (Lipinski definition) is 3. The van der Waals surface area contributed by atoms with Crippen LogP contribution in [0.15, 0.2) is 28.7 Å². The average Bonchev–Trinajstić information content (AvgIpc) is 2.49. The molecule has 0 radical (unpaired) electrons. The summed E-state index contributed by atoms with van der Waals surface area (Å²) in [6.45, 7) is 6.81. The Morgan fingerprint density at radius 1 is 1.29 bits per heavy atom. The smallest absolute Gasteiger partial charge is 0.238 e. The first-order valence-electron chi connectivity index (χ1n) is 7.66.